The Morgan fingerprint density at radius 3 is 2.56 bits per heavy atom. The van der Waals surface area contributed by atoms with E-state index in [2.05, 4.69) is 54.0 Å². The highest BCUT2D eigenvalue weighted by Crippen LogP contribution is 2.30. The fourth-order valence-electron chi connectivity index (χ4n) is 5.03. The normalized spacial score (nSPS) is 14.4. The predicted octanol–water partition coefficient (Wildman–Crippen LogP) is 4.11. The average molecular weight is 517 g/mol. The van der Waals surface area contributed by atoms with Crippen molar-refractivity contribution < 1.29 is 0 Å². The zero-order chi connectivity index (χ0) is 26.8. The number of fused-ring (bicyclic) bond motifs is 1. The van der Waals surface area contributed by atoms with Gasteiger partial charge in [-0.1, -0.05) is 12.1 Å². The molecule has 0 aliphatic carbocycles. The molecule has 0 unspecified atom stereocenters. The van der Waals surface area contributed by atoms with Crippen LogP contribution in [0.3, 0.4) is 0 Å². The van der Waals surface area contributed by atoms with Gasteiger partial charge in [0.2, 0.25) is 5.82 Å². The van der Waals surface area contributed by atoms with E-state index < -0.39 is 0 Å². The number of nitrogens with zero attached hydrogens (tertiary/aromatic N) is 8. The second-order valence-electron chi connectivity index (χ2n) is 9.74. The number of nitriles is 1. The Morgan fingerprint density at radius 2 is 1.79 bits per heavy atom. The molecule has 194 valence electrons. The minimum absolute atomic E-state index is 0.187. The summed E-state index contributed by atoms with van der Waals surface area (Å²) in [6, 6.07) is 20.5. The van der Waals surface area contributed by atoms with Crippen molar-refractivity contribution >= 4 is 22.8 Å². The topological polar surface area (TPSA) is 134 Å². The molecule has 1 aromatic carbocycles. The third kappa shape index (κ3) is 5.12. The van der Waals surface area contributed by atoms with Crippen molar-refractivity contribution in [3.05, 3.63) is 84.1 Å². The molecule has 0 amide bonds. The lowest BCUT2D eigenvalue weighted by Crippen LogP contribution is -2.38. The van der Waals surface area contributed by atoms with Crippen molar-refractivity contribution in [1.82, 2.24) is 34.4 Å². The molecule has 10 heteroatoms. The van der Waals surface area contributed by atoms with Crippen molar-refractivity contribution in [3.63, 3.8) is 0 Å². The number of anilines is 2. The zero-order valence-electron chi connectivity index (χ0n) is 21.6. The number of nitrogen functional groups attached to an aromatic ring is 1. The molecular weight excluding hydrogens is 488 g/mol. The molecule has 10 nitrogen and oxygen atoms in total. The summed E-state index contributed by atoms with van der Waals surface area (Å²) < 4.78 is 2.06. The minimum Gasteiger partial charge on any atom is -0.383 e. The lowest BCUT2D eigenvalue weighted by atomic mass is 10.0. The Kier molecular flexibility index (Phi) is 6.57. The Labute approximate surface area is 226 Å². The number of piperidine rings is 1. The molecule has 6 rings (SSSR count). The van der Waals surface area contributed by atoms with Crippen LogP contribution in [-0.2, 0) is 6.54 Å². The van der Waals surface area contributed by atoms with Crippen LogP contribution >= 0.6 is 0 Å². The predicted molar refractivity (Wildman–Crippen MR) is 150 cm³/mol. The summed E-state index contributed by atoms with van der Waals surface area (Å²) in [6.45, 7) is 4.82. The molecule has 1 saturated heterocycles. The van der Waals surface area contributed by atoms with E-state index in [9.17, 15) is 0 Å². The van der Waals surface area contributed by atoms with Crippen LogP contribution in [0.5, 0.6) is 0 Å². The second-order valence-corrected chi connectivity index (χ2v) is 9.74. The van der Waals surface area contributed by atoms with Crippen LogP contribution in [0.2, 0.25) is 0 Å². The highest BCUT2D eigenvalue weighted by Gasteiger charge is 2.21. The summed E-state index contributed by atoms with van der Waals surface area (Å²) in [4.78, 5) is 24.6. The number of nitrogens with two attached hydrogens (primary N) is 1. The van der Waals surface area contributed by atoms with E-state index in [1.54, 1.807) is 12.4 Å². The van der Waals surface area contributed by atoms with Crippen LogP contribution in [0.1, 0.15) is 29.9 Å². The number of aryl methyl sites for hydroxylation is 1. The van der Waals surface area contributed by atoms with Gasteiger partial charge in [-0.05, 0) is 67.8 Å². The molecule has 0 bridgehead atoms. The summed E-state index contributed by atoms with van der Waals surface area (Å²) in [5.74, 6) is 2.05. The first-order valence-corrected chi connectivity index (χ1v) is 13.0. The number of hydrogen-bond donors (Lipinski definition) is 2. The number of pyridine rings is 2. The molecule has 5 heterocycles. The summed E-state index contributed by atoms with van der Waals surface area (Å²) in [7, 11) is 0. The first-order chi connectivity index (χ1) is 19.1. The van der Waals surface area contributed by atoms with E-state index >= 15 is 0 Å². The third-order valence-electron chi connectivity index (χ3n) is 7.02. The Balaban J connectivity index is 1.18. The summed E-state index contributed by atoms with van der Waals surface area (Å²) in [6.07, 6.45) is 5.31. The van der Waals surface area contributed by atoms with Crippen LogP contribution in [-0.4, -0.2) is 53.5 Å². The maximum Gasteiger partial charge on any atom is 0.234 e. The van der Waals surface area contributed by atoms with E-state index in [0.717, 1.165) is 66.4 Å². The van der Waals surface area contributed by atoms with Crippen LogP contribution in [0.4, 0.5) is 11.6 Å². The Bertz CT molecular complexity index is 1660. The van der Waals surface area contributed by atoms with Crippen molar-refractivity contribution in [2.75, 3.05) is 24.1 Å². The van der Waals surface area contributed by atoms with Gasteiger partial charge < -0.3 is 11.1 Å². The van der Waals surface area contributed by atoms with E-state index in [1.165, 1.54) is 5.56 Å². The van der Waals surface area contributed by atoms with Gasteiger partial charge in [0.15, 0.2) is 11.5 Å². The van der Waals surface area contributed by atoms with Crippen molar-refractivity contribution in [2.45, 2.75) is 32.4 Å². The average Bonchev–Trinajstić information content (AvgIpc) is 3.33. The second kappa shape index (κ2) is 10.5. The molecule has 1 fully saturated rings. The number of imidazole rings is 1. The third-order valence-corrected chi connectivity index (χ3v) is 7.02. The number of hydrogen-bond acceptors (Lipinski definition) is 9. The Morgan fingerprint density at radius 1 is 0.974 bits per heavy atom. The van der Waals surface area contributed by atoms with Gasteiger partial charge in [-0.2, -0.15) is 5.26 Å². The van der Waals surface area contributed by atoms with E-state index in [0.29, 0.717) is 17.7 Å². The molecule has 0 saturated carbocycles. The van der Waals surface area contributed by atoms with Gasteiger partial charge in [0.25, 0.3) is 0 Å². The SMILES string of the molecule is Cc1ccc2nc(-c3cccnc3N)n(-c3ccc(CN4CCC(Nc5ccnc(C#N)n5)CC4)cc3)c2n1. The quantitative estimate of drug-likeness (QED) is 0.342. The highest BCUT2D eigenvalue weighted by atomic mass is 15.2. The van der Waals surface area contributed by atoms with Crippen LogP contribution in [0.15, 0.2) is 67.0 Å². The number of aromatic nitrogens is 6. The van der Waals surface area contributed by atoms with Crippen molar-refractivity contribution in [3.8, 4) is 23.1 Å². The maximum absolute atomic E-state index is 9.02. The maximum atomic E-state index is 9.02. The van der Waals surface area contributed by atoms with E-state index in [1.807, 2.05) is 43.3 Å². The number of likely N-dealkylation sites (tertiary alicyclic amines) is 1. The van der Waals surface area contributed by atoms with Gasteiger partial charge in [0.05, 0.1) is 5.56 Å². The molecule has 1 aliphatic heterocycles. The largest absolute Gasteiger partial charge is 0.383 e. The minimum atomic E-state index is 0.187. The molecular formula is C29H28N10. The standard InChI is InChI=1S/C29H28N10/c1-19-4-9-24-29(34-19)39(28(36-24)23-3-2-13-33-27(23)31)22-7-5-20(6-8-22)18-38-15-11-21(12-16-38)35-25-10-14-32-26(17-30)37-25/h2-10,13-14,21H,11-12,15-16,18H2,1H3,(H2,31,33)(H,32,35,37). The van der Waals surface area contributed by atoms with Crippen LogP contribution in [0, 0.1) is 18.3 Å². The van der Waals surface area contributed by atoms with Crippen LogP contribution in [0.25, 0.3) is 28.2 Å². The first kappa shape index (κ1) is 24.5. The van der Waals surface area contributed by atoms with E-state index in [-0.39, 0.29) is 5.82 Å². The van der Waals surface area contributed by atoms with Crippen molar-refractivity contribution in [2.24, 2.45) is 0 Å². The zero-order valence-corrected chi connectivity index (χ0v) is 21.6. The number of benzene rings is 1. The van der Waals surface area contributed by atoms with Gasteiger partial charge in [-0.15, -0.1) is 0 Å². The van der Waals surface area contributed by atoms with Gasteiger partial charge in [-0.3, -0.25) is 9.47 Å². The number of rotatable bonds is 6. The molecule has 1 aliphatic rings. The van der Waals surface area contributed by atoms with Gasteiger partial charge in [-0.25, -0.2) is 24.9 Å². The molecule has 3 N–H and O–H groups in total. The first-order valence-electron chi connectivity index (χ1n) is 13.0. The van der Waals surface area contributed by atoms with E-state index in [4.69, 9.17) is 21.0 Å². The molecule has 4 aromatic heterocycles. The lowest BCUT2D eigenvalue weighted by molar-refractivity contribution is 0.211. The van der Waals surface area contributed by atoms with Crippen molar-refractivity contribution in [1.29, 1.82) is 5.26 Å². The fraction of sp³-hybridized carbons (Fsp3) is 0.241. The fourth-order valence-corrected chi connectivity index (χ4v) is 5.03. The lowest BCUT2D eigenvalue weighted by Gasteiger charge is -2.32. The van der Waals surface area contributed by atoms with Crippen LogP contribution < -0.4 is 11.1 Å². The molecule has 0 spiro atoms. The molecule has 5 aromatic rings. The summed E-state index contributed by atoms with van der Waals surface area (Å²) >= 11 is 0. The summed E-state index contributed by atoms with van der Waals surface area (Å²) in [5.41, 5.74) is 11.8. The summed E-state index contributed by atoms with van der Waals surface area (Å²) in [5, 5.41) is 12.5. The monoisotopic (exact) mass is 516 g/mol. The van der Waals surface area contributed by atoms with Gasteiger partial charge in [0.1, 0.15) is 23.2 Å². The number of nitrogens with one attached hydrogen (secondary N) is 1. The van der Waals surface area contributed by atoms with Gasteiger partial charge in [0, 0.05) is 49.5 Å². The molecule has 39 heavy (non-hydrogen) atoms. The highest BCUT2D eigenvalue weighted by molar-refractivity contribution is 5.82. The Hall–Kier alpha value is -4.88. The molecule has 0 atom stereocenters. The smallest absolute Gasteiger partial charge is 0.234 e. The van der Waals surface area contributed by atoms with Gasteiger partial charge >= 0.3 is 0 Å². The molecule has 0 radical (unpaired) electrons.